The van der Waals surface area contributed by atoms with Crippen LogP contribution >= 0.6 is 0 Å². The van der Waals surface area contributed by atoms with Crippen molar-refractivity contribution in [2.45, 2.75) is 168 Å². The van der Waals surface area contributed by atoms with Gasteiger partial charge in [-0.2, -0.15) is 22.8 Å². The Kier molecular flexibility index (Phi) is 30.0. The van der Waals surface area contributed by atoms with Gasteiger partial charge in [-0.15, -0.1) is 0 Å². The molecule has 0 saturated heterocycles. The molecule has 0 fully saturated rings. The zero-order valence-corrected chi connectivity index (χ0v) is 83.3. The van der Waals surface area contributed by atoms with Gasteiger partial charge in [0.25, 0.3) is 0 Å². The lowest BCUT2D eigenvalue weighted by Gasteiger charge is -2.24. The minimum atomic E-state index is 0.413. The lowest BCUT2D eigenvalue weighted by molar-refractivity contribution is -0.660. The molecule has 0 aliphatic heterocycles. The molecule has 0 radical (unpaired) electrons. The SMILES string of the molecule is Cc1cc(C)c(-n2ccc(C)c2-c2cccc[n+]2C)c(C)c1.Cc1cc(C)n(-c2c(C(C)C)cccc2C(C)C)c1-c1cccc[n+]1C.Cc1cc(C)n(-c2ccccc2C(C)C)c1-c1cccc[n+]1C.Cc1ccn(-c2c(-c3ccccc3)cccc2-c2ccccc2)c1-c1cccc[n+]1C.Cc1ccn(-c2c(C(C)C)cc(-c3ccccc3)cc2C(C)C)c1-c1cccc[n+]1C. The summed E-state index contributed by atoms with van der Waals surface area (Å²) in [6.07, 6.45) is 17.2. The maximum atomic E-state index is 2.48. The molecule has 0 atom stereocenters. The third kappa shape index (κ3) is 20.4. The van der Waals surface area contributed by atoms with Crippen molar-refractivity contribution in [1.29, 1.82) is 0 Å². The van der Waals surface area contributed by atoms with Crippen LogP contribution in [0.5, 0.6) is 0 Å². The first-order valence-corrected chi connectivity index (χ1v) is 47.4. The van der Waals surface area contributed by atoms with Gasteiger partial charge >= 0.3 is 0 Å². The number of rotatable bonds is 18. The molecule has 674 valence electrons. The van der Waals surface area contributed by atoms with E-state index in [0.717, 1.165) is 0 Å². The van der Waals surface area contributed by atoms with Gasteiger partial charge in [0.2, 0.25) is 28.5 Å². The molecule has 133 heavy (non-hydrogen) atoms. The molecular weight excluding hydrogens is 1620 g/mol. The Balaban J connectivity index is 0.000000134. The second-order valence-electron chi connectivity index (χ2n) is 37.6. The van der Waals surface area contributed by atoms with Crippen LogP contribution in [0.4, 0.5) is 0 Å². The van der Waals surface area contributed by atoms with Gasteiger partial charge in [-0.05, 0) is 267 Å². The summed E-state index contributed by atoms with van der Waals surface area (Å²) in [7, 11) is 10.6. The van der Waals surface area contributed by atoms with E-state index in [2.05, 4.69) is 566 Å². The van der Waals surface area contributed by atoms with Crippen LogP contribution in [0.3, 0.4) is 0 Å². The van der Waals surface area contributed by atoms with E-state index in [4.69, 9.17) is 0 Å². The largest absolute Gasteiger partial charge is 0.311 e. The topological polar surface area (TPSA) is 44.0 Å². The molecule has 10 heteroatoms. The van der Waals surface area contributed by atoms with Crippen molar-refractivity contribution < 1.29 is 22.8 Å². The van der Waals surface area contributed by atoms with E-state index in [-0.39, 0.29) is 0 Å². The zero-order valence-electron chi connectivity index (χ0n) is 83.3. The molecule has 18 rings (SSSR count). The number of para-hydroxylation sites is 3. The van der Waals surface area contributed by atoms with Crippen molar-refractivity contribution >= 4 is 0 Å². The van der Waals surface area contributed by atoms with Gasteiger partial charge in [0.15, 0.2) is 31.0 Å². The molecule has 10 heterocycles. The highest BCUT2D eigenvalue weighted by Crippen LogP contribution is 2.44. The smallest absolute Gasteiger partial charge is 0.229 e. The molecule has 0 aliphatic carbocycles. The van der Waals surface area contributed by atoms with Gasteiger partial charge in [0.1, 0.15) is 63.7 Å². The Morgan fingerprint density at radius 2 is 0.511 bits per heavy atom. The predicted octanol–water partition coefficient (Wildman–Crippen LogP) is 28.5. The van der Waals surface area contributed by atoms with E-state index in [0.29, 0.717) is 29.6 Å². The van der Waals surface area contributed by atoms with Crippen LogP contribution in [0, 0.1) is 69.2 Å². The van der Waals surface area contributed by atoms with Crippen LogP contribution in [0.2, 0.25) is 0 Å². The fraction of sp³-hybridized carbons (Fsp3) is 0.244. The summed E-state index contributed by atoms with van der Waals surface area (Å²) in [4.78, 5) is 0. The summed E-state index contributed by atoms with van der Waals surface area (Å²) in [5, 5.41) is 0. The number of aromatic nitrogens is 10. The lowest BCUT2D eigenvalue weighted by atomic mass is 9.88. The average molecular weight is 1760 g/mol. The molecule has 0 bridgehead atoms. The maximum absolute atomic E-state index is 2.48. The Labute approximate surface area is 793 Å². The fourth-order valence-corrected chi connectivity index (χ4v) is 19.4. The van der Waals surface area contributed by atoms with Crippen LogP contribution in [0.15, 0.2) is 347 Å². The first-order chi connectivity index (χ1) is 63.9. The van der Waals surface area contributed by atoms with Gasteiger partial charge < -0.3 is 22.8 Å². The summed E-state index contributed by atoms with van der Waals surface area (Å²) in [6.45, 7) is 44.8. The summed E-state index contributed by atoms with van der Waals surface area (Å²) >= 11 is 0. The number of pyridine rings is 5. The first-order valence-electron chi connectivity index (χ1n) is 47.4. The number of hydrogen-bond donors (Lipinski definition) is 0. The zero-order chi connectivity index (χ0) is 94.7. The third-order valence-corrected chi connectivity index (χ3v) is 26.0. The third-order valence-electron chi connectivity index (χ3n) is 26.0. The molecule has 0 aliphatic rings. The van der Waals surface area contributed by atoms with E-state index in [9.17, 15) is 0 Å². The first kappa shape index (κ1) is 95.0. The highest BCUT2D eigenvalue weighted by atomic mass is 15.1. The highest BCUT2D eigenvalue weighted by molar-refractivity contribution is 5.87. The Hall–Kier alpha value is -14.1. The van der Waals surface area contributed by atoms with Crippen molar-refractivity contribution in [2.24, 2.45) is 35.2 Å². The fourth-order valence-electron chi connectivity index (χ4n) is 19.4. The number of benzene rings is 8. The van der Waals surface area contributed by atoms with Crippen LogP contribution < -0.4 is 22.8 Å². The summed E-state index contributed by atoms with van der Waals surface area (Å²) < 4.78 is 23.0. The lowest BCUT2D eigenvalue weighted by Crippen LogP contribution is -2.31. The molecular formula is C123H137N10+5. The molecule has 0 N–H and O–H groups in total. The maximum Gasteiger partial charge on any atom is 0.229 e. The normalized spacial score (nSPS) is 11.2. The second-order valence-corrected chi connectivity index (χ2v) is 37.6. The summed E-state index contributed by atoms with van der Waals surface area (Å²) in [5.41, 5.74) is 46.3. The van der Waals surface area contributed by atoms with Crippen LogP contribution in [-0.4, -0.2) is 22.8 Å². The van der Waals surface area contributed by atoms with E-state index >= 15 is 0 Å². The Morgan fingerprint density at radius 1 is 0.211 bits per heavy atom. The van der Waals surface area contributed by atoms with Gasteiger partial charge in [0, 0.05) is 107 Å². The number of nitrogens with zero attached hydrogens (tertiary/aromatic N) is 10. The van der Waals surface area contributed by atoms with Crippen LogP contribution in [0.25, 0.3) is 119 Å². The van der Waals surface area contributed by atoms with Gasteiger partial charge in [-0.1, -0.05) is 233 Å². The Morgan fingerprint density at radius 3 is 0.880 bits per heavy atom. The quantitative estimate of drug-likeness (QED) is 0.0769. The van der Waals surface area contributed by atoms with Crippen molar-refractivity contribution in [3.8, 4) is 119 Å². The average Bonchev–Trinajstić information content (AvgIpc) is 1.73. The summed E-state index contributed by atoms with van der Waals surface area (Å²) in [5.74, 6) is 2.27. The van der Waals surface area contributed by atoms with E-state index in [1.165, 1.54) is 202 Å². The van der Waals surface area contributed by atoms with Crippen molar-refractivity contribution in [3.05, 3.63) is 431 Å². The molecule has 0 spiro atoms. The summed E-state index contributed by atoms with van der Waals surface area (Å²) in [6, 6.07) is 107. The van der Waals surface area contributed by atoms with Gasteiger partial charge in [0.05, 0.1) is 22.7 Å². The predicted molar refractivity (Wildman–Crippen MR) is 556 cm³/mol. The van der Waals surface area contributed by atoms with E-state index in [1.807, 2.05) is 0 Å². The minimum absolute atomic E-state index is 0.413. The molecule has 0 unspecified atom stereocenters. The number of aryl methyl sites for hydroxylation is 15. The molecule has 10 nitrogen and oxygen atoms in total. The minimum Gasteiger partial charge on any atom is -0.311 e. The van der Waals surface area contributed by atoms with Crippen LogP contribution in [-0.2, 0) is 35.2 Å². The van der Waals surface area contributed by atoms with Gasteiger partial charge in [-0.25, -0.2) is 0 Å². The monoisotopic (exact) mass is 1750 g/mol. The molecule has 8 aromatic carbocycles. The standard InChI is InChI=1S/C29H25N2.C29H33N2.C24H31N2.C21H25N2.C20H23N2/c1-22-19-21-31(28(22)27-18-9-10-20-30(27)2)29-25(23-12-5-3-6-13-23)16-11-17-26(29)24-14-7-4-8-15-24;1-20(2)25-18-24(23-12-8-7-9-13-23)19-26(21(3)4)29(25)31-17-15-22(5)28(31)27-14-10-11-16-30(27)6;1-16(2)20-11-10-12-21(17(3)4)24(20)26-19(6)15-18(5)23(26)22-13-8-9-14-25(22)7;1-15(2)18-10-6-7-11-19(18)23-17(4)14-16(3)21(23)20-12-8-9-13-22(20)5;1-14-12-16(3)19(17(4)13-14)22-11-9-15(2)20(22)18-8-6-7-10-21(18)5/h3-21H,1-2H3;7-21H,1-6H3;8-17H,1-7H3;6-15H,1-5H3;6-13H,1-5H3/q5*+1. The second kappa shape index (κ2) is 42.0. The van der Waals surface area contributed by atoms with Crippen molar-refractivity contribution in [3.63, 3.8) is 0 Å². The van der Waals surface area contributed by atoms with Crippen molar-refractivity contribution in [2.75, 3.05) is 0 Å². The molecule has 10 aromatic heterocycles. The number of hydrogen-bond acceptors (Lipinski definition) is 0. The van der Waals surface area contributed by atoms with Crippen LogP contribution in [0.1, 0.15) is 183 Å². The molecule has 0 amide bonds. The molecule has 18 aromatic rings. The highest BCUT2D eigenvalue weighted by Gasteiger charge is 2.30. The van der Waals surface area contributed by atoms with E-state index < -0.39 is 0 Å². The van der Waals surface area contributed by atoms with E-state index in [1.54, 1.807) is 0 Å². The Bertz CT molecular complexity index is 6950. The van der Waals surface area contributed by atoms with Gasteiger partial charge in [-0.3, -0.25) is 0 Å². The molecule has 0 saturated carbocycles. The van der Waals surface area contributed by atoms with Crippen molar-refractivity contribution in [1.82, 2.24) is 22.8 Å².